The van der Waals surface area contributed by atoms with Crippen molar-refractivity contribution in [1.29, 1.82) is 0 Å². The van der Waals surface area contributed by atoms with Crippen molar-refractivity contribution >= 4 is 5.78 Å². The topological polar surface area (TPSA) is 26.3 Å². The minimum Gasteiger partial charge on any atom is -0.497 e. The molecule has 86 valence electrons. The van der Waals surface area contributed by atoms with Crippen molar-refractivity contribution in [2.24, 2.45) is 0 Å². The Balaban J connectivity index is 2.58. The van der Waals surface area contributed by atoms with Crippen LogP contribution in [0.5, 0.6) is 5.75 Å². The van der Waals surface area contributed by atoms with Gasteiger partial charge in [-0.3, -0.25) is 4.79 Å². The monoisotopic (exact) mass is 218 g/mol. The van der Waals surface area contributed by atoms with Gasteiger partial charge in [-0.1, -0.05) is 13.8 Å². The summed E-state index contributed by atoms with van der Waals surface area (Å²) in [6, 6.07) is 5.79. The van der Waals surface area contributed by atoms with E-state index in [1.165, 1.54) is 0 Å². The molecule has 0 heterocycles. The maximum Gasteiger partial charge on any atom is 0.163 e. The van der Waals surface area contributed by atoms with Crippen molar-refractivity contribution in [1.82, 2.24) is 0 Å². The third-order valence-electron chi connectivity index (χ3n) is 3.46. The van der Waals surface area contributed by atoms with Crippen molar-refractivity contribution in [2.45, 2.75) is 38.5 Å². The highest BCUT2D eigenvalue weighted by Gasteiger charge is 2.29. The number of Topliss-reactive ketones (excluding diaryl/α,β-unsaturated/α-hetero) is 1. The highest BCUT2D eigenvalue weighted by Crippen LogP contribution is 2.37. The van der Waals surface area contributed by atoms with E-state index in [1.807, 2.05) is 18.2 Å². The summed E-state index contributed by atoms with van der Waals surface area (Å²) in [5.41, 5.74) is 2.08. The lowest BCUT2D eigenvalue weighted by Crippen LogP contribution is -2.18. The van der Waals surface area contributed by atoms with E-state index in [0.29, 0.717) is 6.42 Å². The second-order valence-electron chi connectivity index (χ2n) is 5.07. The number of methoxy groups -OCH3 is 1. The van der Waals surface area contributed by atoms with Gasteiger partial charge in [0, 0.05) is 12.0 Å². The predicted octanol–water partition coefficient (Wildman–Crippen LogP) is 3.34. The number of carbonyl (C=O) groups excluding carboxylic acids is 1. The predicted molar refractivity (Wildman–Crippen MR) is 64.2 cm³/mol. The molecule has 0 aliphatic heterocycles. The van der Waals surface area contributed by atoms with Crippen LogP contribution in [-0.4, -0.2) is 12.9 Å². The van der Waals surface area contributed by atoms with Crippen molar-refractivity contribution in [3.05, 3.63) is 29.3 Å². The van der Waals surface area contributed by atoms with Crippen LogP contribution in [0.2, 0.25) is 0 Å². The fraction of sp³-hybridized carbons (Fsp3) is 0.500. The second kappa shape index (κ2) is 3.93. The number of hydrogen-bond donors (Lipinski definition) is 0. The summed E-state index contributed by atoms with van der Waals surface area (Å²) < 4.78 is 5.24. The first kappa shape index (κ1) is 11.2. The average molecular weight is 218 g/mol. The summed E-state index contributed by atoms with van der Waals surface area (Å²) in [5, 5.41) is 0. The number of rotatable bonds is 1. The van der Waals surface area contributed by atoms with Crippen LogP contribution in [0.1, 0.15) is 49.0 Å². The highest BCUT2D eigenvalue weighted by molar-refractivity contribution is 5.98. The maximum absolute atomic E-state index is 12.0. The summed E-state index contributed by atoms with van der Waals surface area (Å²) in [4.78, 5) is 12.0. The number of benzene rings is 1. The van der Waals surface area contributed by atoms with Crippen molar-refractivity contribution < 1.29 is 9.53 Å². The van der Waals surface area contributed by atoms with E-state index >= 15 is 0 Å². The zero-order valence-corrected chi connectivity index (χ0v) is 10.2. The summed E-state index contributed by atoms with van der Waals surface area (Å²) in [5.74, 6) is 1.10. The Morgan fingerprint density at radius 1 is 1.31 bits per heavy atom. The second-order valence-corrected chi connectivity index (χ2v) is 5.07. The molecule has 0 atom stereocenters. The molecule has 1 aromatic carbocycles. The lowest BCUT2D eigenvalue weighted by Gasteiger charge is -2.25. The Morgan fingerprint density at radius 3 is 2.75 bits per heavy atom. The normalized spacial score (nSPS) is 18.8. The first-order chi connectivity index (χ1) is 7.54. The molecular weight excluding hydrogens is 200 g/mol. The van der Waals surface area contributed by atoms with E-state index in [2.05, 4.69) is 13.8 Å². The number of hydrogen-bond acceptors (Lipinski definition) is 2. The van der Waals surface area contributed by atoms with Crippen LogP contribution in [-0.2, 0) is 5.41 Å². The molecular formula is C14H18O2. The zero-order valence-electron chi connectivity index (χ0n) is 10.2. The Hall–Kier alpha value is -1.31. The van der Waals surface area contributed by atoms with Gasteiger partial charge >= 0.3 is 0 Å². The number of carbonyl (C=O) groups is 1. The van der Waals surface area contributed by atoms with Gasteiger partial charge < -0.3 is 4.74 Å². The van der Waals surface area contributed by atoms with Crippen LogP contribution in [0.4, 0.5) is 0 Å². The Morgan fingerprint density at radius 2 is 2.06 bits per heavy atom. The van der Waals surface area contributed by atoms with Crippen LogP contribution >= 0.6 is 0 Å². The molecule has 0 spiro atoms. The Bertz CT molecular complexity index is 419. The fourth-order valence-corrected chi connectivity index (χ4v) is 2.41. The average Bonchev–Trinajstić information content (AvgIpc) is 2.37. The van der Waals surface area contributed by atoms with Crippen molar-refractivity contribution in [3.8, 4) is 5.75 Å². The molecule has 2 nitrogen and oxygen atoms in total. The molecule has 0 bridgehead atoms. The van der Waals surface area contributed by atoms with Gasteiger partial charge in [-0.25, -0.2) is 0 Å². The van der Waals surface area contributed by atoms with Gasteiger partial charge in [0.15, 0.2) is 5.78 Å². The Kier molecular flexibility index (Phi) is 2.75. The van der Waals surface area contributed by atoms with Gasteiger partial charge in [-0.05, 0) is 42.0 Å². The van der Waals surface area contributed by atoms with E-state index < -0.39 is 0 Å². The lowest BCUT2D eigenvalue weighted by molar-refractivity contribution is 0.0982. The molecule has 1 aliphatic rings. The van der Waals surface area contributed by atoms with Crippen LogP contribution in [0.25, 0.3) is 0 Å². The molecule has 0 saturated heterocycles. The van der Waals surface area contributed by atoms with Gasteiger partial charge in [0.1, 0.15) is 5.75 Å². The third-order valence-corrected chi connectivity index (χ3v) is 3.46. The number of ketones is 1. The summed E-state index contributed by atoms with van der Waals surface area (Å²) in [7, 11) is 1.66. The van der Waals surface area contributed by atoms with Gasteiger partial charge in [0.05, 0.1) is 7.11 Å². The van der Waals surface area contributed by atoms with Crippen molar-refractivity contribution in [3.63, 3.8) is 0 Å². The molecule has 0 amide bonds. The standard InChI is InChI=1S/C14H18O2/c1-14(2)8-4-5-13(15)11-7-6-10(16-3)9-12(11)14/h6-7,9H,4-5,8H2,1-3H3. The molecule has 16 heavy (non-hydrogen) atoms. The first-order valence-corrected chi connectivity index (χ1v) is 5.76. The minimum absolute atomic E-state index is 0.0655. The molecule has 0 radical (unpaired) electrons. The molecule has 2 heteroatoms. The summed E-state index contributed by atoms with van der Waals surface area (Å²) >= 11 is 0. The zero-order chi connectivity index (χ0) is 11.8. The van der Waals surface area contributed by atoms with Gasteiger partial charge in [0.2, 0.25) is 0 Å². The quantitative estimate of drug-likeness (QED) is 0.676. The maximum atomic E-state index is 12.0. The molecule has 0 saturated carbocycles. The summed E-state index contributed by atoms with van der Waals surface area (Å²) in [6.07, 6.45) is 2.70. The molecule has 1 aromatic rings. The highest BCUT2D eigenvalue weighted by atomic mass is 16.5. The minimum atomic E-state index is 0.0655. The van der Waals surface area contributed by atoms with E-state index in [1.54, 1.807) is 7.11 Å². The molecule has 1 aliphatic carbocycles. The lowest BCUT2D eigenvalue weighted by atomic mass is 9.80. The van der Waals surface area contributed by atoms with E-state index in [4.69, 9.17) is 4.74 Å². The van der Waals surface area contributed by atoms with Crippen LogP contribution < -0.4 is 4.74 Å². The van der Waals surface area contributed by atoms with Crippen molar-refractivity contribution in [2.75, 3.05) is 7.11 Å². The van der Waals surface area contributed by atoms with Gasteiger partial charge in [-0.2, -0.15) is 0 Å². The third kappa shape index (κ3) is 1.84. The largest absolute Gasteiger partial charge is 0.497 e. The Labute approximate surface area is 96.6 Å². The van der Waals surface area contributed by atoms with Gasteiger partial charge in [0.25, 0.3) is 0 Å². The fourth-order valence-electron chi connectivity index (χ4n) is 2.41. The number of fused-ring (bicyclic) bond motifs is 1. The van der Waals surface area contributed by atoms with E-state index in [9.17, 15) is 4.79 Å². The molecule has 0 fully saturated rings. The number of ether oxygens (including phenoxy) is 1. The molecule has 0 unspecified atom stereocenters. The van der Waals surface area contributed by atoms with Gasteiger partial charge in [-0.15, -0.1) is 0 Å². The van der Waals surface area contributed by atoms with E-state index in [-0.39, 0.29) is 11.2 Å². The van der Waals surface area contributed by atoms with Crippen LogP contribution in [0.15, 0.2) is 18.2 Å². The SMILES string of the molecule is COc1ccc2c(c1)C(C)(C)CCCC2=O. The van der Waals surface area contributed by atoms with E-state index in [0.717, 1.165) is 29.7 Å². The van der Waals surface area contributed by atoms with Crippen LogP contribution in [0, 0.1) is 0 Å². The van der Waals surface area contributed by atoms with Crippen LogP contribution in [0.3, 0.4) is 0 Å². The first-order valence-electron chi connectivity index (χ1n) is 5.76. The smallest absolute Gasteiger partial charge is 0.163 e. The molecule has 0 N–H and O–H groups in total. The molecule has 2 rings (SSSR count). The molecule has 0 aromatic heterocycles. The summed E-state index contributed by atoms with van der Waals surface area (Å²) in [6.45, 7) is 4.40.